The van der Waals surface area contributed by atoms with E-state index in [2.05, 4.69) is 0 Å². The van der Waals surface area contributed by atoms with Crippen molar-refractivity contribution in [3.8, 4) is 0 Å². The van der Waals surface area contributed by atoms with E-state index in [1.54, 1.807) is 21.9 Å². The smallest absolute Gasteiger partial charge is 0.246 e. The number of benzene rings is 2. The topological polar surface area (TPSA) is 40.6 Å². The Hall–Kier alpha value is -2.69. The average Bonchev–Trinajstić information content (AvgIpc) is 2.60. The van der Waals surface area contributed by atoms with Crippen LogP contribution in [-0.4, -0.2) is 34.2 Å². The van der Waals surface area contributed by atoms with E-state index in [4.69, 9.17) is 0 Å². The minimum atomic E-state index is -0.429. The molecular formula is C19H17FN2O2. The molecule has 1 atom stereocenters. The normalized spacial score (nSPS) is 20.0. The van der Waals surface area contributed by atoms with Gasteiger partial charge in [0.25, 0.3) is 0 Å². The number of nitrogens with zero attached hydrogens (tertiary/aromatic N) is 2. The van der Waals surface area contributed by atoms with E-state index in [0.717, 1.165) is 16.7 Å². The van der Waals surface area contributed by atoms with Gasteiger partial charge in [0, 0.05) is 19.5 Å². The van der Waals surface area contributed by atoms with Gasteiger partial charge in [-0.2, -0.15) is 0 Å². The summed E-state index contributed by atoms with van der Waals surface area (Å²) in [7, 11) is 0. The number of piperazine rings is 1. The van der Waals surface area contributed by atoms with Gasteiger partial charge in [0.05, 0.1) is 0 Å². The van der Waals surface area contributed by atoms with Crippen molar-refractivity contribution < 1.29 is 14.0 Å². The number of rotatable bonds is 2. The van der Waals surface area contributed by atoms with Crippen LogP contribution in [0.1, 0.15) is 16.7 Å². The summed E-state index contributed by atoms with van der Waals surface area (Å²) in [6.07, 6.45) is 0.556. The Bertz CT molecular complexity index is 803. The second-order valence-corrected chi connectivity index (χ2v) is 6.33. The molecule has 122 valence electrons. The summed E-state index contributed by atoms with van der Waals surface area (Å²) in [5.41, 5.74) is 3.06. The maximum Gasteiger partial charge on any atom is 0.246 e. The van der Waals surface area contributed by atoms with Crippen LogP contribution >= 0.6 is 0 Å². The van der Waals surface area contributed by atoms with Crippen molar-refractivity contribution in [3.63, 3.8) is 0 Å². The molecule has 2 heterocycles. The number of hydrogen-bond acceptors (Lipinski definition) is 2. The summed E-state index contributed by atoms with van der Waals surface area (Å²) in [6.45, 7) is 0.904. The fourth-order valence-electron chi connectivity index (χ4n) is 3.49. The SMILES string of the molecule is O=C1[C@H]2Cc3ccccc3CN2C(=O)CN1Cc1ccc(F)cc1. The van der Waals surface area contributed by atoms with Crippen molar-refractivity contribution >= 4 is 11.8 Å². The van der Waals surface area contributed by atoms with Crippen molar-refractivity contribution in [1.82, 2.24) is 9.80 Å². The number of hydrogen-bond donors (Lipinski definition) is 0. The molecule has 24 heavy (non-hydrogen) atoms. The van der Waals surface area contributed by atoms with Gasteiger partial charge in [0.2, 0.25) is 11.8 Å². The lowest BCUT2D eigenvalue weighted by molar-refractivity contribution is -0.157. The summed E-state index contributed by atoms with van der Waals surface area (Å²) < 4.78 is 13.0. The fraction of sp³-hybridized carbons (Fsp3) is 0.263. The third kappa shape index (κ3) is 2.56. The lowest BCUT2D eigenvalue weighted by Gasteiger charge is -2.43. The van der Waals surface area contributed by atoms with E-state index in [-0.39, 0.29) is 24.2 Å². The predicted octanol–water partition coefficient (Wildman–Crippen LogP) is 2.12. The molecule has 2 aliphatic rings. The summed E-state index contributed by atoms with van der Waals surface area (Å²) in [5, 5.41) is 0. The summed E-state index contributed by atoms with van der Waals surface area (Å²) >= 11 is 0. The first kappa shape index (κ1) is 14.9. The molecule has 2 aromatic rings. The molecule has 0 unspecified atom stereocenters. The lowest BCUT2D eigenvalue weighted by atomic mass is 9.91. The van der Waals surface area contributed by atoms with E-state index in [9.17, 15) is 14.0 Å². The van der Waals surface area contributed by atoms with Crippen molar-refractivity contribution in [2.24, 2.45) is 0 Å². The van der Waals surface area contributed by atoms with E-state index in [1.807, 2.05) is 24.3 Å². The van der Waals surface area contributed by atoms with Gasteiger partial charge in [-0.05, 0) is 28.8 Å². The van der Waals surface area contributed by atoms with Gasteiger partial charge < -0.3 is 9.80 Å². The average molecular weight is 324 g/mol. The molecular weight excluding hydrogens is 307 g/mol. The zero-order chi connectivity index (χ0) is 16.7. The first-order chi connectivity index (χ1) is 11.6. The lowest BCUT2D eigenvalue weighted by Crippen LogP contribution is -2.61. The highest BCUT2D eigenvalue weighted by Gasteiger charge is 2.41. The monoisotopic (exact) mass is 324 g/mol. The van der Waals surface area contributed by atoms with Crippen molar-refractivity contribution in [3.05, 3.63) is 71.0 Å². The molecule has 0 aliphatic carbocycles. The Balaban J connectivity index is 1.57. The van der Waals surface area contributed by atoms with Gasteiger partial charge in [-0.15, -0.1) is 0 Å². The van der Waals surface area contributed by atoms with Crippen LogP contribution in [0.25, 0.3) is 0 Å². The van der Waals surface area contributed by atoms with Gasteiger partial charge in [-0.25, -0.2) is 4.39 Å². The van der Waals surface area contributed by atoms with Gasteiger partial charge in [-0.1, -0.05) is 36.4 Å². The van der Waals surface area contributed by atoms with E-state index in [0.29, 0.717) is 19.5 Å². The first-order valence-corrected chi connectivity index (χ1v) is 8.01. The summed E-state index contributed by atoms with van der Waals surface area (Å²) in [4.78, 5) is 28.6. The van der Waals surface area contributed by atoms with Crippen LogP contribution in [0.4, 0.5) is 4.39 Å². The number of amides is 2. The van der Waals surface area contributed by atoms with Gasteiger partial charge in [-0.3, -0.25) is 9.59 Å². The predicted molar refractivity (Wildman–Crippen MR) is 86.3 cm³/mol. The van der Waals surface area contributed by atoms with Crippen LogP contribution < -0.4 is 0 Å². The van der Waals surface area contributed by atoms with E-state index >= 15 is 0 Å². The third-order valence-electron chi connectivity index (χ3n) is 4.78. The van der Waals surface area contributed by atoms with Crippen LogP contribution in [0.2, 0.25) is 0 Å². The Morgan fingerprint density at radius 1 is 0.958 bits per heavy atom. The largest absolute Gasteiger partial charge is 0.327 e. The minimum absolute atomic E-state index is 0.0313. The van der Waals surface area contributed by atoms with Crippen LogP contribution in [0.5, 0.6) is 0 Å². The molecule has 0 radical (unpaired) electrons. The van der Waals surface area contributed by atoms with E-state index in [1.165, 1.54) is 12.1 Å². The molecule has 2 aliphatic heterocycles. The molecule has 0 saturated carbocycles. The second-order valence-electron chi connectivity index (χ2n) is 6.33. The summed E-state index contributed by atoms with van der Waals surface area (Å²) in [6, 6.07) is 13.5. The van der Waals surface area contributed by atoms with Crippen molar-refractivity contribution in [2.45, 2.75) is 25.6 Å². The van der Waals surface area contributed by atoms with Gasteiger partial charge in [0.15, 0.2) is 0 Å². The van der Waals surface area contributed by atoms with Crippen LogP contribution in [0.3, 0.4) is 0 Å². The molecule has 2 aromatic carbocycles. The Kier molecular flexibility index (Phi) is 3.56. The zero-order valence-corrected chi connectivity index (χ0v) is 13.1. The van der Waals surface area contributed by atoms with Crippen LogP contribution in [0.15, 0.2) is 48.5 Å². The maximum atomic E-state index is 13.0. The van der Waals surface area contributed by atoms with Crippen LogP contribution in [0, 0.1) is 5.82 Å². The van der Waals surface area contributed by atoms with Crippen molar-refractivity contribution in [2.75, 3.05) is 6.54 Å². The highest BCUT2D eigenvalue weighted by molar-refractivity contribution is 5.95. The number of halogens is 1. The highest BCUT2D eigenvalue weighted by Crippen LogP contribution is 2.27. The molecule has 1 fully saturated rings. The standard InChI is InChI=1S/C19H17FN2O2/c20-16-7-5-13(6-8-16)10-21-12-18(23)22-11-15-4-2-1-3-14(15)9-17(22)19(21)24/h1-8,17H,9-12H2/t17-/m1/s1. The second kappa shape index (κ2) is 5.74. The highest BCUT2D eigenvalue weighted by atomic mass is 19.1. The molecule has 0 N–H and O–H groups in total. The molecule has 5 heteroatoms. The number of carbonyl (C=O) groups is 2. The van der Waals surface area contributed by atoms with Crippen molar-refractivity contribution in [1.29, 1.82) is 0 Å². The molecule has 0 spiro atoms. The Labute approximate surface area is 139 Å². The fourth-order valence-corrected chi connectivity index (χ4v) is 3.49. The first-order valence-electron chi connectivity index (χ1n) is 8.01. The zero-order valence-electron chi connectivity index (χ0n) is 13.1. The maximum absolute atomic E-state index is 13.0. The Morgan fingerprint density at radius 2 is 1.67 bits per heavy atom. The quantitative estimate of drug-likeness (QED) is 0.849. The molecule has 0 aromatic heterocycles. The number of fused-ring (bicyclic) bond motifs is 2. The molecule has 4 nitrogen and oxygen atoms in total. The molecule has 0 bridgehead atoms. The molecule has 2 amide bonds. The summed E-state index contributed by atoms with van der Waals surface area (Å²) in [5.74, 6) is -0.375. The molecule has 4 rings (SSSR count). The van der Waals surface area contributed by atoms with Crippen LogP contribution in [-0.2, 0) is 29.1 Å². The minimum Gasteiger partial charge on any atom is -0.327 e. The van der Waals surface area contributed by atoms with E-state index < -0.39 is 6.04 Å². The Morgan fingerprint density at radius 3 is 2.42 bits per heavy atom. The number of carbonyl (C=O) groups excluding carboxylic acids is 2. The van der Waals surface area contributed by atoms with Gasteiger partial charge >= 0.3 is 0 Å². The van der Waals surface area contributed by atoms with Gasteiger partial charge in [0.1, 0.15) is 18.4 Å². The third-order valence-corrected chi connectivity index (χ3v) is 4.78. The molecule has 1 saturated heterocycles.